The fraction of sp³-hybridized carbons (Fsp3) is 0.846. The molecule has 0 N–H and O–H groups in total. The zero-order valence-corrected chi connectivity index (χ0v) is 9.58. The molecule has 0 aromatic carbocycles. The van der Waals surface area contributed by atoms with Crippen molar-refractivity contribution in [2.24, 2.45) is 11.8 Å². The van der Waals surface area contributed by atoms with Crippen LogP contribution in [0.15, 0.2) is 12.2 Å². The van der Waals surface area contributed by atoms with Gasteiger partial charge in [-0.15, -0.1) is 0 Å². The van der Waals surface area contributed by atoms with Crippen LogP contribution in [-0.4, -0.2) is 24.0 Å². The summed E-state index contributed by atoms with van der Waals surface area (Å²) in [6, 6.07) is 0.880. The average Bonchev–Trinajstić information content (AvgIpc) is 2.78. The van der Waals surface area contributed by atoms with E-state index in [0.717, 1.165) is 17.9 Å². The molecule has 1 heteroatoms. The van der Waals surface area contributed by atoms with Crippen molar-refractivity contribution in [1.29, 1.82) is 0 Å². The fourth-order valence-electron chi connectivity index (χ4n) is 3.19. The summed E-state index contributed by atoms with van der Waals surface area (Å²) in [6.07, 6.45) is 10.4. The molecule has 0 saturated heterocycles. The first kappa shape index (κ1) is 10.2. The van der Waals surface area contributed by atoms with Crippen LogP contribution in [0.4, 0.5) is 0 Å². The third-order valence-corrected chi connectivity index (χ3v) is 3.73. The summed E-state index contributed by atoms with van der Waals surface area (Å²) in [5.74, 6) is 1.80. The zero-order valence-electron chi connectivity index (χ0n) is 9.58. The first-order chi connectivity index (χ1) is 6.85. The van der Waals surface area contributed by atoms with Crippen LogP contribution >= 0.6 is 0 Å². The van der Waals surface area contributed by atoms with Gasteiger partial charge in [-0.1, -0.05) is 26.0 Å². The van der Waals surface area contributed by atoms with Crippen LogP contribution in [0.1, 0.15) is 39.5 Å². The third-order valence-electron chi connectivity index (χ3n) is 3.73. The van der Waals surface area contributed by atoms with Gasteiger partial charge in [0.1, 0.15) is 0 Å². The summed E-state index contributed by atoms with van der Waals surface area (Å²) in [4.78, 5) is 2.73. The van der Waals surface area contributed by atoms with E-state index >= 15 is 0 Å². The molecular formula is C13H23N. The van der Waals surface area contributed by atoms with Crippen molar-refractivity contribution < 1.29 is 0 Å². The molecule has 0 aromatic heterocycles. The molecule has 0 radical (unpaired) electrons. The van der Waals surface area contributed by atoms with Crippen LogP contribution in [0.25, 0.3) is 0 Å². The summed E-state index contributed by atoms with van der Waals surface area (Å²) < 4.78 is 0. The minimum Gasteiger partial charge on any atom is -0.300 e. The molecule has 14 heavy (non-hydrogen) atoms. The molecule has 1 saturated carbocycles. The van der Waals surface area contributed by atoms with E-state index in [9.17, 15) is 0 Å². The second-order valence-electron chi connectivity index (χ2n) is 4.88. The standard InChI is InChI=1S/C13H23N/c1-3-7-14(8-4-2)13-10-11-5-6-12(13)9-11/h5-6,11-13H,3-4,7-10H2,1-2H3. The largest absolute Gasteiger partial charge is 0.300 e. The molecule has 0 aromatic rings. The van der Waals surface area contributed by atoms with Crippen molar-refractivity contribution in [3.63, 3.8) is 0 Å². The first-order valence-corrected chi connectivity index (χ1v) is 6.27. The Kier molecular flexibility index (Phi) is 3.27. The number of nitrogens with zero attached hydrogens (tertiary/aromatic N) is 1. The summed E-state index contributed by atoms with van der Waals surface area (Å²) in [5.41, 5.74) is 0. The predicted octanol–water partition coefficient (Wildman–Crippen LogP) is 3.07. The van der Waals surface area contributed by atoms with E-state index in [0.29, 0.717) is 0 Å². The summed E-state index contributed by atoms with van der Waals surface area (Å²) >= 11 is 0. The van der Waals surface area contributed by atoms with E-state index in [-0.39, 0.29) is 0 Å². The Morgan fingerprint density at radius 3 is 2.21 bits per heavy atom. The molecule has 0 aliphatic heterocycles. The van der Waals surface area contributed by atoms with Gasteiger partial charge in [0, 0.05) is 6.04 Å². The second-order valence-corrected chi connectivity index (χ2v) is 4.88. The van der Waals surface area contributed by atoms with E-state index in [2.05, 4.69) is 30.9 Å². The van der Waals surface area contributed by atoms with Crippen molar-refractivity contribution in [3.8, 4) is 0 Å². The Balaban J connectivity index is 1.94. The fourth-order valence-corrected chi connectivity index (χ4v) is 3.19. The summed E-state index contributed by atoms with van der Waals surface area (Å²) in [7, 11) is 0. The van der Waals surface area contributed by atoms with Crippen LogP contribution in [0.3, 0.4) is 0 Å². The third kappa shape index (κ3) is 1.88. The molecule has 0 spiro atoms. The van der Waals surface area contributed by atoms with E-state index in [1.54, 1.807) is 0 Å². The van der Waals surface area contributed by atoms with E-state index in [4.69, 9.17) is 0 Å². The lowest BCUT2D eigenvalue weighted by atomic mass is 9.99. The van der Waals surface area contributed by atoms with Gasteiger partial charge in [-0.25, -0.2) is 0 Å². The molecule has 0 amide bonds. The van der Waals surface area contributed by atoms with Gasteiger partial charge in [-0.05, 0) is 50.6 Å². The van der Waals surface area contributed by atoms with Crippen molar-refractivity contribution in [2.45, 2.75) is 45.6 Å². The van der Waals surface area contributed by atoms with E-state index in [1.807, 2.05) is 0 Å². The van der Waals surface area contributed by atoms with Crippen molar-refractivity contribution in [1.82, 2.24) is 4.90 Å². The van der Waals surface area contributed by atoms with Gasteiger partial charge < -0.3 is 0 Å². The van der Waals surface area contributed by atoms with Crippen LogP contribution in [0, 0.1) is 11.8 Å². The molecule has 2 aliphatic rings. The van der Waals surface area contributed by atoms with Gasteiger partial charge in [0.05, 0.1) is 0 Å². The van der Waals surface area contributed by atoms with Crippen LogP contribution in [-0.2, 0) is 0 Å². The highest BCUT2D eigenvalue weighted by Gasteiger charge is 2.38. The van der Waals surface area contributed by atoms with Gasteiger partial charge in [-0.3, -0.25) is 4.90 Å². The number of allylic oxidation sites excluding steroid dienone is 1. The lowest BCUT2D eigenvalue weighted by Gasteiger charge is -2.32. The maximum atomic E-state index is 2.73. The number of fused-ring (bicyclic) bond motifs is 2. The highest BCUT2D eigenvalue weighted by Crippen LogP contribution is 2.41. The normalized spacial score (nSPS) is 34.6. The molecule has 1 fully saturated rings. The zero-order chi connectivity index (χ0) is 9.97. The Morgan fingerprint density at radius 2 is 1.79 bits per heavy atom. The Morgan fingerprint density at radius 1 is 1.07 bits per heavy atom. The molecule has 3 unspecified atom stereocenters. The Bertz CT molecular complexity index is 203. The highest BCUT2D eigenvalue weighted by atomic mass is 15.2. The monoisotopic (exact) mass is 193 g/mol. The van der Waals surface area contributed by atoms with Gasteiger partial charge >= 0.3 is 0 Å². The Labute approximate surface area is 88.2 Å². The van der Waals surface area contributed by atoms with E-state index in [1.165, 1.54) is 38.8 Å². The second kappa shape index (κ2) is 4.48. The average molecular weight is 193 g/mol. The SMILES string of the molecule is CCCN(CCC)C1CC2C=CC1C2. The van der Waals surface area contributed by atoms with Gasteiger partial charge in [0.25, 0.3) is 0 Å². The minimum absolute atomic E-state index is 0.880. The molecule has 1 nitrogen and oxygen atoms in total. The molecular weight excluding hydrogens is 170 g/mol. The Hall–Kier alpha value is -0.300. The number of rotatable bonds is 5. The molecule has 2 aliphatic carbocycles. The summed E-state index contributed by atoms with van der Waals surface area (Å²) in [6.45, 7) is 7.20. The number of hydrogen-bond donors (Lipinski definition) is 0. The highest BCUT2D eigenvalue weighted by molar-refractivity contribution is 5.12. The minimum atomic E-state index is 0.880. The molecule has 2 rings (SSSR count). The van der Waals surface area contributed by atoms with Crippen LogP contribution in [0.5, 0.6) is 0 Å². The van der Waals surface area contributed by atoms with Gasteiger partial charge in [0.15, 0.2) is 0 Å². The van der Waals surface area contributed by atoms with Crippen LogP contribution < -0.4 is 0 Å². The molecule has 3 atom stereocenters. The summed E-state index contributed by atoms with van der Waals surface area (Å²) in [5, 5.41) is 0. The molecule has 0 heterocycles. The van der Waals surface area contributed by atoms with Gasteiger partial charge in [0.2, 0.25) is 0 Å². The maximum Gasteiger partial charge on any atom is 0.0164 e. The van der Waals surface area contributed by atoms with Crippen molar-refractivity contribution in [2.75, 3.05) is 13.1 Å². The van der Waals surface area contributed by atoms with Gasteiger partial charge in [-0.2, -0.15) is 0 Å². The number of hydrogen-bond acceptors (Lipinski definition) is 1. The van der Waals surface area contributed by atoms with E-state index < -0.39 is 0 Å². The lowest BCUT2D eigenvalue weighted by molar-refractivity contribution is 0.172. The predicted molar refractivity (Wildman–Crippen MR) is 61.3 cm³/mol. The van der Waals surface area contributed by atoms with Crippen molar-refractivity contribution in [3.05, 3.63) is 12.2 Å². The smallest absolute Gasteiger partial charge is 0.0164 e. The lowest BCUT2D eigenvalue weighted by Crippen LogP contribution is -2.39. The molecule has 2 bridgehead atoms. The quantitative estimate of drug-likeness (QED) is 0.607. The van der Waals surface area contributed by atoms with Crippen molar-refractivity contribution >= 4 is 0 Å². The van der Waals surface area contributed by atoms with Crippen LogP contribution in [0.2, 0.25) is 0 Å². The first-order valence-electron chi connectivity index (χ1n) is 6.27. The maximum absolute atomic E-state index is 2.73. The topological polar surface area (TPSA) is 3.24 Å². The molecule has 80 valence electrons.